The van der Waals surface area contributed by atoms with E-state index in [9.17, 15) is 0 Å². The maximum absolute atomic E-state index is 5.88. The van der Waals surface area contributed by atoms with Gasteiger partial charge in [0.15, 0.2) is 0 Å². The Morgan fingerprint density at radius 1 is 1.07 bits per heavy atom. The van der Waals surface area contributed by atoms with Crippen LogP contribution in [0.4, 0.5) is 0 Å². The average Bonchev–Trinajstić information content (AvgIpc) is 2.21. The van der Waals surface area contributed by atoms with Gasteiger partial charge in [-0.1, -0.05) is 30.4 Å². The zero-order valence-electron chi connectivity index (χ0n) is 9.01. The highest BCUT2D eigenvalue weighted by atomic mass is 35.5. The molecular weight excluding hydrogens is 206 g/mol. The van der Waals surface area contributed by atoms with Gasteiger partial charge in [-0.3, -0.25) is 0 Å². The average molecular weight is 224 g/mol. The first-order chi connectivity index (χ1) is 6.83. The van der Waals surface area contributed by atoms with Crippen molar-refractivity contribution < 1.29 is 0 Å². The second kappa shape index (κ2) is 7.27. The van der Waals surface area contributed by atoms with Gasteiger partial charge >= 0.3 is 0 Å². The number of halogens is 1. The van der Waals surface area contributed by atoms with Crippen molar-refractivity contribution in [3.63, 3.8) is 0 Å². The van der Waals surface area contributed by atoms with Gasteiger partial charge in [0.05, 0.1) is 0 Å². The van der Waals surface area contributed by atoms with E-state index in [1.807, 2.05) is 18.2 Å². The molecule has 0 bridgehead atoms. The highest BCUT2D eigenvalue weighted by molar-refractivity contribution is 6.17. The first kappa shape index (κ1) is 13.9. The Labute approximate surface area is 97.0 Å². The molecule has 15 heavy (non-hydrogen) atoms. The van der Waals surface area contributed by atoms with E-state index in [0.717, 1.165) is 12.8 Å². The Balaban J connectivity index is 0.00000196. The largest absolute Gasteiger partial charge is 0.344 e. The Morgan fingerprint density at radius 2 is 1.67 bits per heavy atom. The van der Waals surface area contributed by atoms with Crippen LogP contribution in [0.5, 0.6) is 0 Å². The third kappa shape index (κ3) is 3.54. The Hall–Kier alpha value is -1.05. The lowest BCUT2D eigenvalue weighted by molar-refractivity contribution is 1.11. The fourth-order valence-electron chi connectivity index (χ4n) is 1.57. The zero-order chi connectivity index (χ0) is 10.4. The lowest BCUT2D eigenvalue weighted by atomic mass is 9.97. The van der Waals surface area contributed by atoms with Crippen molar-refractivity contribution in [3.8, 4) is 0 Å². The van der Waals surface area contributed by atoms with Crippen LogP contribution in [0.15, 0.2) is 43.5 Å². The highest BCUT2D eigenvalue weighted by Gasteiger charge is 2.04. The Morgan fingerprint density at radius 3 is 2.20 bits per heavy atom. The van der Waals surface area contributed by atoms with E-state index in [2.05, 4.69) is 25.3 Å². The van der Waals surface area contributed by atoms with Crippen LogP contribution in [0, 0.1) is 0 Å². The van der Waals surface area contributed by atoms with Gasteiger partial charge in [0, 0.05) is 5.88 Å². The van der Waals surface area contributed by atoms with Crippen LogP contribution >= 0.6 is 11.6 Å². The minimum atomic E-state index is 0. The molecule has 0 spiro atoms. The number of benzene rings is 1. The Bertz CT molecular complexity index is 331. The minimum Gasteiger partial charge on any atom is -0.344 e. The summed E-state index contributed by atoms with van der Waals surface area (Å²) in [7, 11) is 0. The first-order valence-corrected chi connectivity index (χ1v) is 5.24. The predicted molar refractivity (Wildman–Crippen MR) is 68.8 cm³/mol. The standard InChI is InChI=1S/C13H15Cl.H3N/c1-3-6-11-8-5-9-12(10-14)13(11)7-4-2;/h3-5,8-9H,1-2,6-7,10H2;1H3. The summed E-state index contributed by atoms with van der Waals surface area (Å²) in [4.78, 5) is 0. The SMILES string of the molecule is C=CCc1cccc(CCl)c1CC=C.N. The molecule has 1 rings (SSSR count). The number of alkyl halides is 1. The molecule has 0 aromatic heterocycles. The van der Waals surface area contributed by atoms with Gasteiger partial charge in [-0.15, -0.1) is 24.8 Å². The molecule has 0 aliphatic rings. The third-order valence-corrected chi connectivity index (χ3v) is 2.51. The van der Waals surface area contributed by atoms with Gasteiger partial charge in [-0.2, -0.15) is 0 Å². The van der Waals surface area contributed by atoms with E-state index < -0.39 is 0 Å². The normalized spacial score (nSPS) is 9.13. The molecule has 0 radical (unpaired) electrons. The van der Waals surface area contributed by atoms with Crippen molar-refractivity contribution >= 4 is 11.6 Å². The molecule has 0 atom stereocenters. The van der Waals surface area contributed by atoms with Gasteiger partial charge in [0.2, 0.25) is 0 Å². The van der Waals surface area contributed by atoms with E-state index in [4.69, 9.17) is 11.6 Å². The summed E-state index contributed by atoms with van der Waals surface area (Å²) in [6.07, 6.45) is 5.61. The van der Waals surface area contributed by atoms with Gasteiger partial charge in [-0.05, 0) is 29.5 Å². The summed E-state index contributed by atoms with van der Waals surface area (Å²) in [6, 6.07) is 6.23. The fraction of sp³-hybridized carbons (Fsp3) is 0.231. The third-order valence-electron chi connectivity index (χ3n) is 2.23. The molecule has 0 saturated heterocycles. The second-order valence-electron chi connectivity index (χ2n) is 3.17. The second-order valence-corrected chi connectivity index (χ2v) is 3.44. The summed E-state index contributed by atoms with van der Waals surface area (Å²) in [6.45, 7) is 7.52. The molecule has 1 aromatic carbocycles. The van der Waals surface area contributed by atoms with Crippen molar-refractivity contribution in [2.75, 3.05) is 0 Å². The van der Waals surface area contributed by atoms with Crippen LogP contribution < -0.4 is 6.15 Å². The summed E-state index contributed by atoms with van der Waals surface area (Å²) in [5.41, 5.74) is 3.81. The molecule has 0 saturated carbocycles. The number of allylic oxidation sites excluding steroid dienone is 2. The quantitative estimate of drug-likeness (QED) is 0.593. The van der Waals surface area contributed by atoms with E-state index in [1.165, 1.54) is 16.7 Å². The maximum Gasteiger partial charge on any atom is 0.0477 e. The molecular formula is C13H18ClN. The molecule has 0 aliphatic heterocycles. The van der Waals surface area contributed by atoms with E-state index in [0.29, 0.717) is 5.88 Å². The van der Waals surface area contributed by atoms with Crippen LogP contribution in [0.25, 0.3) is 0 Å². The molecule has 0 aliphatic carbocycles. The number of rotatable bonds is 5. The topological polar surface area (TPSA) is 35.0 Å². The summed E-state index contributed by atoms with van der Waals surface area (Å²) in [5.74, 6) is 0.564. The van der Waals surface area contributed by atoms with Gasteiger partial charge in [0.25, 0.3) is 0 Å². The van der Waals surface area contributed by atoms with Crippen molar-refractivity contribution in [2.24, 2.45) is 0 Å². The molecule has 0 heterocycles. The number of hydrogen-bond acceptors (Lipinski definition) is 1. The monoisotopic (exact) mass is 223 g/mol. The highest BCUT2D eigenvalue weighted by Crippen LogP contribution is 2.18. The Kier molecular flexibility index (Phi) is 6.76. The molecule has 0 amide bonds. The minimum absolute atomic E-state index is 0. The number of hydrogen-bond donors (Lipinski definition) is 1. The van der Waals surface area contributed by atoms with Crippen LogP contribution in [-0.4, -0.2) is 0 Å². The van der Waals surface area contributed by atoms with E-state index in [-0.39, 0.29) is 6.15 Å². The lowest BCUT2D eigenvalue weighted by Gasteiger charge is -2.10. The van der Waals surface area contributed by atoms with Crippen molar-refractivity contribution in [2.45, 2.75) is 18.7 Å². The molecule has 0 unspecified atom stereocenters. The summed E-state index contributed by atoms with van der Waals surface area (Å²) >= 11 is 5.88. The van der Waals surface area contributed by atoms with Crippen LogP contribution in [0.2, 0.25) is 0 Å². The molecule has 2 heteroatoms. The van der Waals surface area contributed by atoms with Crippen molar-refractivity contribution in [1.29, 1.82) is 0 Å². The van der Waals surface area contributed by atoms with Gasteiger partial charge in [0.1, 0.15) is 0 Å². The molecule has 3 N–H and O–H groups in total. The van der Waals surface area contributed by atoms with Crippen LogP contribution in [0.1, 0.15) is 16.7 Å². The first-order valence-electron chi connectivity index (χ1n) is 4.70. The van der Waals surface area contributed by atoms with Crippen molar-refractivity contribution in [1.82, 2.24) is 6.15 Å². The van der Waals surface area contributed by atoms with E-state index >= 15 is 0 Å². The van der Waals surface area contributed by atoms with Gasteiger partial charge in [-0.25, -0.2) is 0 Å². The molecule has 1 aromatic rings. The smallest absolute Gasteiger partial charge is 0.0477 e. The van der Waals surface area contributed by atoms with E-state index in [1.54, 1.807) is 0 Å². The summed E-state index contributed by atoms with van der Waals surface area (Å²) in [5, 5.41) is 0. The van der Waals surface area contributed by atoms with Crippen molar-refractivity contribution in [3.05, 3.63) is 60.2 Å². The van der Waals surface area contributed by atoms with Crippen LogP contribution in [0.3, 0.4) is 0 Å². The summed E-state index contributed by atoms with van der Waals surface area (Å²) < 4.78 is 0. The predicted octanol–water partition coefficient (Wildman–Crippen LogP) is 4.04. The zero-order valence-corrected chi connectivity index (χ0v) is 9.76. The fourth-order valence-corrected chi connectivity index (χ4v) is 1.82. The van der Waals surface area contributed by atoms with Gasteiger partial charge < -0.3 is 6.15 Å². The molecule has 1 nitrogen and oxygen atoms in total. The molecule has 82 valence electrons. The lowest BCUT2D eigenvalue weighted by Crippen LogP contribution is -1.96. The molecule has 0 fully saturated rings. The maximum atomic E-state index is 5.88. The van der Waals surface area contributed by atoms with Crippen LogP contribution in [-0.2, 0) is 18.7 Å².